The molecule has 0 bridgehead atoms. The lowest BCUT2D eigenvalue weighted by atomic mass is 10.1. The van der Waals surface area contributed by atoms with Crippen LogP contribution in [0.25, 0.3) is 0 Å². The van der Waals surface area contributed by atoms with Crippen LogP contribution in [-0.2, 0) is 4.79 Å². The van der Waals surface area contributed by atoms with Crippen LogP contribution in [0.1, 0.15) is 19.3 Å². The minimum Gasteiger partial charge on any atom is -0.481 e. The first-order valence-electron chi connectivity index (χ1n) is 5.32. The molecule has 1 aromatic carbocycles. The molecule has 0 heterocycles. The van der Waals surface area contributed by atoms with Gasteiger partial charge in [0.1, 0.15) is 0 Å². The number of carboxylic acid groups (broad SMARTS) is 1. The summed E-state index contributed by atoms with van der Waals surface area (Å²) >= 11 is 5.08. The Balaban J connectivity index is 2.03. The third kappa shape index (κ3) is 2.80. The van der Waals surface area contributed by atoms with Gasteiger partial charge in [-0.05, 0) is 37.1 Å². The van der Waals surface area contributed by atoms with E-state index in [2.05, 4.69) is 15.9 Å². The highest BCUT2D eigenvalue weighted by Crippen LogP contribution is 2.39. The molecule has 0 amide bonds. The zero-order valence-electron chi connectivity index (χ0n) is 8.73. The molecular formula is C12H13BrO2S. The Morgan fingerprint density at radius 1 is 1.31 bits per heavy atom. The van der Waals surface area contributed by atoms with Crippen LogP contribution in [0.4, 0.5) is 0 Å². The lowest BCUT2D eigenvalue weighted by Crippen LogP contribution is -2.19. The van der Waals surface area contributed by atoms with E-state index in [0.717, 1.165) is 28.6 Å². The molecule has 2 rings (SSSR count). The summed E-state index contributed by atoms with van der Waals surface area (Å²) < 4.78 is 1.05. The normalized spacial score (nSPS) is 24.6. The van der Waals surface area contributed by atoms with E-state index in [1.807, 2.05) is 24.3 Å². The van der Waals surface area contributed by atoms with Gasteiger partial charge in [-0.1, -0.05) is 22.4 Å². The summed E-state index contributed by atoms with van der Waals surface area (Å²) in [5, 5.41) is 9.32. The second kappa shape index (κ2) is 5.23. The van der Waals surface area contributed by atoms with Crippen LogP contribution in [0.15, 0.2) is 33.6 Å². The highest BCUT2D eigenvalue weighted by atomic mass is 79.9. The van der Waals surface area contributed by atoms with E-state index in [1.54, 1.807) is 11.8 Å². The van der Waals surface area contributed by atoms with Crippen LogP contribution in [0.5, 0.6) is 0 Å². The third-order valence-corrected chi connectivity index (χ3v) is 4.81. The lowest BCUT2D eigenvalue weighted by Gasteiger charge is -2.14. The number of carbonyl (C=O) groups is 1. The molecule has 2 unspecified atom stereocenters. The first-order valence-corrected chi connectivity index (χ1v) is 6.99. The molecule has 86 valence electrons. The maximum Gasteiger partial charge on any atom is 0.307 e. The van der Waals surface area contributed by atoms with E-state index < -0.39 is 5.97 Å². The molecule has 0 spiro atoms. The smallest absolute Gasteiger partial charge is 0.307 e. The monoisotopic (exact) mass is 300 g/mol. The molecule has 0 aliphatic heterocycles. The van der Waals surface area contributed by atoms with Crippen molar-refractivity contribution in [2.24, 2.45) is 5.92 Å². The number of rotatable bonds is 3. The molecule has 16 heavy (non-hydrogen) atoms. The number of hydrogen-bond donors (Lipinski definition) is 1. The summed E-state index contributed by atoms with van der Waals surface area (Å²) in [5.41, 5.74) is 0. The lowest BCUT2D eigenvalue weighted by molar-refractivity contribution is -0.141. The minimum atomic E-state index is -0.646. The molecule has 2 nitrogen and oxygen atoms in total. The summed E-state index contributed by atoms with van der Waals surface area (Å²) in [7, 11) is 0. The summed E-state index contributed by atoms with van der Waals surface area (Å²) in [6, 6.07) is 8.05. The fourth-order valence-electron chi connectivity index (χ4n) is 2.04. The van der Waals surface area contributed by atoms with E-state index in [1.165, 1.54) is 0 Å². The fourth-order valence-corrected chi connectivity index (χ4v) is 3.65. The highest BCUT2D eigenvalue weighted by Gasteiger charge is 2.33. The van der Waals surface area contributed by atoms with E-state index in [0.29, 0.717) is 0 Å². The zero-order chi connectivity index (χ0) is 11.5. The van der Waals surface area contributed by atoms with E-state index in [-0.39, 0.29) is 11.2 Å². The van der Waals surface area contributed by atoms with Crippen molar-refractivity contribution < 1.29 is 9.90 Å². The van der Waals surface area contributed by atoms with Gasteiger partial charge in [0.05, 0.1) is 5.92 Å². The first kappa shape index (κ1) is 12.0. The van der Waals surface area contributed by atoms with Gasteiger partial charge in [0.2, 0.25) is 0 Å². The average Bonchev–Trinajstić information content (AvgIpc) is 2.69. The van der Waals surface area contributed by atoms with Crippen molar-refractivity contribution in [3.8, 4) is 0 Å². The van der Waals surface area contributed by atoms with Gasteiger partial charge in [-0.3, -0.25) is 4.79 Å². The van der Waals surface area contributed by atoms with Crippen molar-refractivity contribution >= 4 is 33.7 Å². The molecule has 1 aliphatic carbocycles. The molecule has 1 fully saturated rings. The number of aliphatic carboxylic acids is 1. The fraction of sp³-hybridized carbons (Fsp3) is 0.417. The van der Waals surface area contributed by atoms with Crippen LogP contribution < -0.4 is 0 Å². The zero-order valence-corrected chi connectivity index (χ0v) is 11.1. The Bertz CT molecular complexity index is 377. The Morgan fingerprint density at radius 2 is 2.00 bits per heavy atom. The van der Waals surface area contributed by atoms with Crippen LogP contribution in [-0.4, -0.2) is 16.3 Å². The van der Waals surface area contributed by atoms with Gasteiger partial charge < -0.3 is 5.11 Å². The molecular weight excluding hydrogens is 288 g/mol. The second-order valence-electron chi connectivity index (χ2n) is 3.99. The number of thioether (sulfide) groups is 1. The predicted octanol–water partition coefficient (Wildman–Crippen LogP) is 3.79. The quantitative estimate of drug-likeness (QED) is 0.923. The van der Waals surface area contributed by atoms with Crippen molar-refractivity contribution in [2.75, 3.05) is 0 Å². The second-order valence-corrected chi connectivity index (χ2v) is 6.21. The largest absolute Gasteiger partial charge is 0.481 e. The van der Waals surface area contributed by atoms with Gasteiger partial charge in [0.25, 0.3) is 0 Å². The van der Waals surface area contributed by atoms with Crippen molar-refractivity contribution in [1.82, 2.24) is 0 Å². The summed E-state index contributed by atoms with van der Waals surface area (Å²) in [6.07, 6.45) is 2.87. The Morgan fingerprint density at radius 3 is 2.62 bits per heavy atom. The van der Waals surface area contributed by atoms with Crippen molar-refractivity contribution in [3.63, 3.8) is 0 Å². The van der Waals surface area contributed by atoms with Gasteiger partial charge in [0, 0.05) is 14.6 Å². The number of hydrogen-bond acceptors (Lipinski definition) is 2. The number of carboxylic acids is 1. The van der Waals surface area contributed by atoms with E-state index >= 15 is 0 Å². The molecule has 0 aromatic heterocycles. The Labute approximate surface area is 108 Å². The molecule has 4 heteroatoms. The molecule has 1 N–H and O–H groups in total. The summed E-state index contributed by atoms with van der Waals surface area (Å²) in [5.74, 6) is -0.819. The van der Waals surface area contributed by atoms with Crippen molar-refractivity contribution in [2.45, 2.75) is 29.4 Å². The molecule has 0 radical (unpaired) electrons. The summed E-state index contributed by atoms with van der Waals surface area (Å²) in [6.45, 7) is 0. The third-order valence-electron chi connectivity index (χ3n) is 2.87. The molecule has 0 saturated heterocycles. The van der Waals surface area contributed by atoms with Crippen LogP contribution in [0.2, 0.25) is 0 Å². The van der Waals surface area contributed by atoms with Crippen LogP contribution in [0.3, 0.4) is 0 Å². The minimum absolute atomic E-state index is 0.173. The number of benzene rings is 1. The molecule has 1 saturated carbocycles. The van der Waals surface area contributed by atoms with E-state index in [9.17, 15) is 4.79 Å². The maximum absolute atomic E-state index is 11.0. The number of halogens is 1. The molecule has 2 atom stereocenters. The standard InChI is InChI=1S/C12H13BrO2S/c13-8-4-6-9(7-5-8)16-11-3-1-2-10(11)12(14)15/h4-7,10-11H,1-3H2,(H,14,15). The van der Waals surface area contributed by atoms with Gasteiger partial charge >= 0.3 is 5.97 Å². The highest BCUT2D eigenvalue weighted by molar-refractivity contribution is 9.10. The van der Waals surface area contributed by atoms with Gasteiger partial charge in [-0.15, -0.1) is 11.8 Å². The topological polar surface area (TPSA) is 37.3 Å². The predicted molar refractivity (Wildman–Crippen MR) is 68.8 cm³/mol. The van der Waals surface area contributed by atoms with Crippen LogP contribution >= 0.6 is 27.7 Å². The molecule has 1 aliphatic rings. The van der Waals surface area contributed by atoms with Gasteiger partial charge in [-0.2, -0.15) is 0 Å². The first-order chi connectivity index (χ1) is 7.66. The molecule has 1 aromatic rings. The van der Waals surface area contributed by atoms with E-state index in [4.69, 9.17) is 5.11 Å². The van der Waals surface area contributed by atoms with Gasteiger partial charge in [0.15, 0.2) is 0 Å². The maximum atomic E-state index is 11.0. The SMILES string of the molecule is O=C(O)C1CCCC1Sc1ccc(Br)cc1. The Hall–Kier alpha value is -0.480. The average molecular weight is 301 g/mol. The van der Waals surface area contributed by atoms with Crippen LogP contribution in [0, 0.1) is 5.92 Å². The van der Waals surface area contributed by atoms with Crippen molar-refractivity contribution in [3.05, 3.63) is 28.7 Å². The Kier molecular flexibility index (Phi) is 3.92. The van der Waals surface area contributed by atoms with Crippen molar-refractivity contribution in [1.29, 1.82) is 0 Å². The van der Waals surface area contributed by atoms with Gasteiger partial charge in [-0.25, -0.2) is 0 Å². The summed E-state index contributed by atoms with van der Waals surface area (Å²) in [4.78, 5) is 12.2.